The maximum absolute atomic E-state index is 2.44. The van der Waals surface area contributed by atoms with Crippen LogP contribution in [0.1, 0.15) is 43.7 Å². The van der Waals surface area contributed by atoms with Crippen molar-refractivity contribution in [1.82, 2.24) is 4.90 Å². The quantitative estimate of drug-likeness (QED) is 0.748. The molecule has 0 saturated heterocycles. The molecule has 16 heavy (non-hydrogen) atoms. The number of benzene rings is 1. The van der Waals surface area contributed by atoms with Gasteiger partial charge in [0.25, 0.3) is 0 Å². The normalized spacial score (nSPS) is 24.5. The number of hydrogen-bond acceptors (Lipinski definition) is 1. The minimum absolute atomic E-state index is 0.295. The summed E-state index contributed by atoms with van der Waals surface area (Å²) in [6, 6.07) is 9.02. The zero-order chi connectivity index (χ0) is 11.6. The fourth-order valence-electron chi connectivity index (χ4n) is 3.26. The van der Waals surface area contributed by atoms with Crippen LogP contribution in [-0.4, -0.2) is 19.0 Å². The van der Waals surface area contributed by atoms with Crippen LogP contribution in [0.5, 0.6) is 0 Å². The Bertz CT molecular complexity index is 356. The number of nitrogens with zero attached hydrogens (tertiary/aromatic N) is 1. The van der Waals surface area contributed by atoms with Crippen LogP contribution in [0.25, 0.3) is 0 Å². The molecular formula is C15H23N. The molecule has 1 atom stereocenters. The van der Waals surface area contributed by atoms with E-state index in [4.69, 9.17) is 0 Å². The van der Waals surface area contributed by atoms with Gasteiger partial charge in [-0.15, -0.1) is 0 Å². The van der Waals surface area contributed by atoms with Gasteiger partial charge in [-0.05, 0) is 50.9 Å². The van der Waals surface area contributed by atoms with Gasteiger partial charge >= 0.3 is 0 Å². The summed E-state index contributed by atoms with van der Waals surface area (Å²) >= 11 is 0. The van der Waals surface area contributed by atoms with Crippen LogP contribution in [0.2, 0.25) is 0 Å². The molecule has 0 saturated carbocycles. The molecule has 1 aliphatic carbocycles. The summed E-state index contributed by atoms with van der Waals surface area (Å²) in [5.41, 5.74) is 3.44. The van der Waals surface area contributed by atoms with Gasteiger partial charge in [0.15, 0.2) is 0 Å². The van der Waals surface area contributed by atoms with Gasteiger partial charge in [-0.25, -0.2) is 0 Å². The first-order valence-corrected chi connectivity index (χ1v) is 6.46. The average molecular weight is 217 g/mol. The lowest BCUT2D eigenvalue weighted by Gasteiger charge is -2.44. The first kappa shape index (κ1) is 11.7. The van der Waals surface area contributed by atoms with Crippen molar-refractivity contribution < 1.29 is 0 Å². The van der Waals surface area contributed by atoms with E-state index in [0.29, 0.717) is 5.54 Å². The second-order valence-electron chi connectivity index (χ2n) is 5.19. The molecule has 1 aromatic carbocycles. The highest BCUT2D eigenvalue weighted by Crippen LogP contribution is 2.42. The van der Waals surface area contributed by atoms with Gasteiger partial charge < -0.3 is 0 Å². The van der Waals surface area contributed by atoms with E-state index in [1.807, 2.05) is 0 Å². The van der Waals surface area contributed by atoms with Crippen LogP contribution in [-0.2, 0) is 12.0 Å². The van der Waals surface area contributed by atoms with E-state index in [1.54, 1.807) is 11.1 Å². The van der Waals surface area contributed by atoms with Crippen molar-refractivity contribution in [3.8, 4) is 0 Å². The van der Waals surface area contributed by atoms with Crippen molar-refractivity contribution in [2.45, 2.75) is 44.6 Å². The van der Waals surface area contributed by atoms with Crippen molar-refractivity contribution >= 4 is 0 Å². The number of aryl methyl sites for hydroxylation is 1. The second kappa shape index (κ2) is 4.58. The van der Waals surface area contributed by atoms with Gasteiger partial charge in [-0.3, -0.25) is 4.90 Å². The Labute approximate surface area is 99.5 Å². The van der Waals surface area contributed by atoms with Gasteiger partial charge in [0.1, 0.15) is 0 Å². The molecule has 1 heteroatoms. The standard InChI is InChI=1S/C15H23N/c1-4-11-15(16(2)3)12-7-9-13-8-5-6-10-14(13)15/h5-6,8,10H,4,7,9,11-12H2,1-3H3. The van der Waals surface area contributed by atoms with E-state index in [0.717, 1.165) is 0 Å². The van der Waals surface area contributed by atoms with E-state index in [-0.39, 0.29) is 0 Å². The third-order valence-electron chi connectivity index (χ3n) is 4.07. The monoisotopic (exact) mass is 217 g/mol. The maximum atomic E-state index is 2.44. The number of hydrogen-bond donors (Lipinski definition) is 0. The number of fused-ring (bicyclic) bond motifs is 1. The molecule has 2 rings (SSSR count). The predicted molar refractivity (Wildman–Crippen MR) is 69.7 cm³/mol. The van der Waals surface area contributed by atoms with Crippen molar-refractivity contribution in [1.29, 1.82) is 0 Å². The summed E-state index contributed by atoms with van der Waals surface area (Å²) in [5, 5.41) is 0. The Morgan fingerprint density at radius 1 is 1.25 bits per heavy atom. The lowest BCUT2D eigenvalue weighted by Crippen LogP contribution is -2.44. The smallest absolute Gasteiger partial charge is 0.0457 e. The zero-order valence-electron chi connectivity index (χ0n) is 10.8. The Kier molecular flexibility index (Phi) is 3.34. The van der Waals surface area contributed by atoms with E-state index >= 15 is 0 Å². The molecular weight excluding hydrogens is 194 g/mol. The molecule has 1 nitrogen and oxygen atoms in total. The van der Waals surface area contributed by atoms with Crippen molar-refractivity contribution in [3.05, 3.63) is 35.4 Å². The van der Waals surface area contributed by atoms with Crippen LogP contribution >= 0.6 is 0 Å². The van der Waals surface area contributed by atoms with Gasteiger partial charge in [0, 0.05) is 5.54 Å². The molecule has 1 aromatic rings. The van der Waals surface area contributed by atoms with Gasteiger partial charge in [-0.1, -0.05) is 37.6 Å². The highest BCUT2D eigenvalue weighted by atomic mass is 15.1. The molecule has 0 N–H and O–H groups in total. The van der Waals surface area contributed by atoms with Crippen LogP contribution in [0.4, 0.5) is 0 Å². The zero-order valence-corrected chi connectivity index (χ0v) is 10.8. The Morgan fingerprint density at radius 3 is 2.69 bits per heavy atom. The van der Waals surface area contributed by atoms with E-state index < -0.39 is 0 Å². The predicted octanol–water partition coefficient (Wildman–Crippen LogP) is 3.58. The SMILES string of the molecule is CCCC1(N(C)C)CCCc2ccccc21. The summed E-state index contributed by atoms with van der Waals surface area (Å²) in [6.45, 7) is 2.29. The molecule has 0 spiro atoms. The van der Waals surface area contributed by atoms with Crippen molar-refractivity contribution in [2.24, 2.45) is 0 Å². The van der Waals surface area contributed by atoms with E-state index in [1.165, 1.54) is 32.1 Å². The van der Waals surface area contributed by atoms with Crippen molar-refractivity contribution in [3.63, 3.8) is 0 Å². The fourth-order valence-corrected chi connectivity index (χ4v) is 3.26. The Morgan fingerprint density at radius 2 is 2.00 bits per heavy atom. The summed E-state index contributed by atoms with van der Waals surface area (Å²) in [6.07, 6.45) is 6.43. The van der Waals surface area contributed by atoms with Gasteiger partial charge in [-0.2, -0.15) is 0 Å². The molecule has 0 aromatic heterocycles. The summed E-state index contributed by atoms with van der Waals surface area (Å²) in [7, 11) is 4.47. The summed E-state index contributed by atoms with van der Waals surface area (Å²) in [4.78, 5) is 2.44. The molecule has 0 heterocycles. The average Bonchev–Trinajstić information content (AvgIpc) is 2.29. The topological polar surface area (TPSA) is 3.24 Å². The van der Waals surface area contributed by atoms with E-state index in [9.17, 15) is 0 Å². The molecule has 88 valence electrons. The molecule has 0 aliphatic heterocycles. The highest BCUT2D eigenvalue weighted by Gasteiger charge is 2.37. The third-order valence-corrected chi connectivity index (χ3v) is 4.07. The summed E-state index contributed by atoms with van der Waals surface area (Å²) in [5.74, 6) is 0. The first-order valence-electron chi connectivity index (χ1n) is 6.46. The second-order valence-corrected chi connectivity index (χ2v) is 5.19. The molecule has 0 fully saturated rings. The van der Waals surface area contributed by atoms with E-state index in [2.05, 4.69) is 50.2 Å². The lowest BCUT2D eigenvalue weighted by atomic mass is 9.73. The largest absolute Gasteiger partial charge is 0.300 e. The Balaban J connectivity index is 2.48. The number of rotatable bonds is 3. The van der Waals surface area contributed by atoms with Gasteiger partial charge in [0.2, 0.25) is 0 Å². The van der Waals surface area contributed by atoms with Crippen LogP contribution in [0.3, 0.4) is 0 Å². The minimum atomic E-state index is 0.295. The van der Waals surface area contributed by atoms with Crippen LogP contribution < -0.4 is 0 Å². The first-order chi connectivity index (χ1) is 7.70. The maximum Gasteiger partial charge on any atom is 0.0457 e. The van der Waals surface area contributed by atoms with Gasteiger partial charge in [0.05, 0.1) is 0 Å². The summed E-state index contributed by atoms with van der Waals surface area (Å²) < 4.78 is 0. The molecule has 0 bridgehead atoms. The third kappa shape index (κ3) is 1.78. The molecule has 0 radical (unpaired) electrons. The lowest BCUT2D eigenvalue weighted by molar-refractivity contribution is 0.113. The minimum Gasteiger partial charge on any atom is -0.300 e. The van der Waals surface area contributed by atoms with Crippen molar-refractivity contribution in [2.75, 3.05) is 14.1 Å². The Hall–Kier alpha value is -0.820. The molecule has 1 unspecified atom stereocenters. The molecule has 1 aliphatic rings. The van der Waals surface area contributed by atoms with Crippen LogP contribution in [0, 0.1) is 0 Å². The molecule has 0 amide bonds. The fraction of sp³-hybridized carbons (Fsp3) is 0.600. The highest BCUT2D eigenvalue weighted by molar-refractivity contribution is 5.36. The van der Waals surface area contributed by atoms with Crippen LogP contribution in [0.15, 0.2) is 24.3 Å².